The van der Waals surface area contributed by atoms with Crippen molar-refractivity contribution in [2.45, 2.75) is 44.8 Å². The number of aryl methyl sites for hydroxylation is 1. The number of rotatable bonds is 7. The number of sulfonamides is 1. The van der Waals surface area contributed by atoms with Crippen LogP contribution in [-0.2, 0) is 10.0 Å². The molecule has 1 saturated carbocycles. The zero-order valence-electron chi connectivity index (χ0n) is 19.7. The Hall–Kier alpha value is -2.51. The van der Waals surface area contributed by atoms with Gasteiger partial charge in [0.25, 0.3) is 0 Å². The molecular weight excluding hydrogens is 513 g/mol. The molecule has 0 amide bonds. The first-order chi connectivity index (χ1) is 17.1. The highest BCUT2D eigenvalue weighted by Crippen LogP contribution is 2.38. The second-order valence-corrected chi connectivity index (χ2v) is 12.5. The van der Waals surface area contributed by atoms with E-state index in [-0.39, 0.29) is 23.7 Å². The summed E-state index contributed by atoms with van der Waals surface area (Å²) in [5.41, 5.74) is 2.02. The van der Waals surface area contributed by atoms with Crippen molar-refractivity contribution in [3.8, 4) is 10.6 Å². The smallest absolute Gasteiger partial charge is 0.367 e. The van der Waals surface area contributed by atoms with E-state index in [0.29, 0.717) is 41.6 Å². The summed E-state index contributed by atoms with van der Waals surface area (Å²) >= 11 is 1.48. The van der Waals surface area contributed by atoms with Crippen molar-refractivity contribution >= 4 is 43.3 Å². The molecule has 0 bridgehead atoms. The third-order valence-corrected chi connectivity index (χ3v) is 9.57. The van der Waals surface area contributed by atoms with Crippen molar-refractivity contribution in [2.24, 2.45) is 5.92 Å². The molecule has 1 saturated heterocycles. The van der Waals surface area contributed by atoms with Crippen molar-refractivity contribution < 1.29 is 21.6 Å². The number of halogens is 3. The van der Waals surface area contributed by atoms with Crippen molar-refractivity contribution in [1.29, 1.82) is 0 Å². The van der Waals surface area contributed by atoms with Gasteiger partial charge < -0.3 is 10.6 Å². The van der Waals surface area contributed by atoms with Crippen LogP contribution in [0.1, 0.15) is 31.4 Å². The molecule has 36 heavy (non-hydrogen) atoms. The first-order valence-corrected chi connectivity index (χ1v) is 14.3. The Kier molecular flexibility index (Phi) is 6.81. The van der Waals surface area contributed by atoms with E-state index in [0.717, 1.165) is 29.5 Å². The molecule has 13 heteroatoms. The van der Waals surface area contributed by atoms with Gasteiger partial charge in [0.15, 0.2) is 0 Å². The van der Waals surface area contributed by atoms with Crippen LogP contribution in [0, 0.1) is 12.8 Å². The van der Waals surface area contributed by atoms with Crippen molar-refractivity contribution in [3.05, 3.63) is 30.0 Å². The van der Waals surface area contributed by atoms with E-state index in [1.54, 1.807) is 11.2 Å². The molecule has 2 aliphatic rings. The minimum Gasteiger partial charge on any atom is -0.367 e. The molecule has 8 nitrogen and oxygen atoms in total. The Morgan fingerprint density at radius 3 is 2.69 bits per heavy atom. The van der Waals surface area contributed by atoms with Crippen LogP contribution < -0.4 is 10.6 Å². The van der Waals surface area contributed by atoms with E-state index in [2.05, 4.69) is 20.6 Å². The lowest BCUT2D eigenvalue weighted by Gasteiger charge is -2.20. The Morgan fingerprint density at radius 2 is 1.97 bits per heavy atom. The lowest BCUT2D eigenvalue weighted by molar-refractivity contribution is -0.115. The fourth-order valence-corrected chi connectivity index (χ4v) is 7.58. The number of para-hydroxylation sites is 1. The summed E-state index contributed by atoms with van der Waals surface area (Å²) in [7, 11) is -3.15. The third kappa shape index (κ3) is 5.57. The lowest BCUT2D eigenvalue weighted by atomic mass is 10.1. The van der Waals surface area contributed by atoms with Crippen LogP contribution in [0.25, 0.3) is 20.8 Å². The maximum Gasteiger partial charge on any atom is 0.405 e. The van der Waals surface area contributed by atoms with Gasteiger partial charge >= 0.3 is 6.18 Å². The highest BCUT2D eigenvalue weighted by molar-refractivity contribution is 7.89. The Labute approximate surface area is 211 Å². The molecule has 1 aliphatic carbocycles. The van der Waals surface area contributed by atoms with Crippen LogP contribution in [-0.4, -0.2) is 65.3 Å². The van der Waals surface area contributed by atoms with Gasteiger partial charge in [0, 0.05) is 19.1 Å². The summed E-state index contributed by atoms with van der Waals surface area (Å²) < 4.78 is 65.4. The summed E-state index contributed by atoms with van der Waals surface area (Å²) in [6, 6.07) is 7.71. The van der Waals surface area contributed by atoms with Crippen molar-refractivity contribution in [1.82, 2.24) is 19.3 Å². The van der Waals surface area contributed by atoms with Gasteiger partial charge in [-0.25, -0.2) is 22.7 Å². The van der Waals surface area contributed by atoms with Crippen LogP contribution in [0.15, 0.2) is 24.3 Å². The summed E-state index contributed by atoms with van der Waals surface area (Å²) in [6.07, 6.45) is -1.31. The molecule has 0 spiro atoms. The third-order valence-electron chi connectivity index (χ3n) is 6.59. The fraction of sp³-hybridized carbons (Fsp3) is 0.522. The molecule has 2 aromatic heterocycles. The number of nitrogens with one attached hydrogen (secondary N) is 2. The highest BCUT2D eigenvalue weighted by atomic mass is 32.2. The van der Waals surface area contributed by atoms with Crippen molar-refractivity contribution in [2.75, 3.05) is 36.0 Å². The Balaban J connectivity index is 1.40. The number of anilines is 2. The molecule has 2 atom stereocenters. The number of thiazole rings is 1. The average molecular weight is 541 g/mol. The topological polar surface area (TPSA) is 100 Å². The van der Waals surface area contributed by atoms with Gasteiger partial charge in [-0.2, -0.15) is 18.2 Å². The predicted molar refractivity (Wildman–Crippen MR) is 135 cm³/mol. The van der Waals surface area contributed by atoms with E-state index < -0.39 is 22.7 Å². The molecule has 194 valence electrons. The minimum atomic E-state index is -4.40. The van der Waals surface area contributed by atoms with E-state index in [9.17, 15) is 21.6 Å². The molecule has 2 N–H and O–H groups in total. The maximum absolute atomic E-state index is 12.8. The zero-order valence-corrected chi connectivity index (χ0v) is 21.3. The molecule has 3 aromatic rings. The van der Waals surface area contributed by atoms with Gasteiger partial charge in [0.2, 0.25) is 16.0 Å². The number of benzene rings is 1. The maximum atomic E-state index is 12.8. The van der Waals surface area contributed by atoms with Crippen LogP contribution in [0.3, 0.4) is 0 Å². The number of fused-ring (bicyclic) bond motifs is 1. The van der Waals surface area contributed by atoms with Gasteiger partial charge in [0.1, 0.15) is 17.4 Å². The summed E-state index contributed by atoms with van der Waals surface area (Å²) in [6.45, 7) is 1.58. The second kappa shape index (κ2) is 9.75. The Morgan fingerprint density at radius 1 is 1.17 bits per heavy atom. The Bertz CT molecular complexity index is 1330. The van der Waals surface area contributed by atoms with Gasteiger partial charge in [-0.05, 0) is 50.7 Å². The van der Waals surface area contributed by atoms with Crippen LogP contribution in [0.5, 0.6) is 0 Å². The van der Waals surface area contributed by atoms with Gasteiger partial charge in [-0.1, -0.05) is 12.1 Å². The molecule has 1 aliphatic heterocycles. The van der Waals surface area contributed by atoms with Crippen molar-refractivity contribution in [3.63, 3.8) is 0 Å². The standard InChI is InChI=1S/C23H27F3N6O2S2/c1-14-19(21-30-17-5-2-3-6-18(17)35-21)20(31-22(28-14)27-13-23(24,25)26)29-16-8-7-15(11-16)12-32-9-4-10-36(32,33)34/h2-3,5-6,15-16H,4,7-13H2,1H3,(H2,27,28,29,31)/t15-,16+/m1/s1. The summed E-state index contributed by atoms with van der Waals surface area (Å²) in [5, 5.41) is 6.41. The van der Waals surface area contributed by atoms with Gasteiger partial charge in [0.05, 0.1) is 27.2 Å². The molecule has 3 heterocycles. The predicted octanol–water partition coefficient (Wildman–Crippen LogP) is 4.65. The SMILES string of the molecule is Cc1nc(NCC(F)(F)F)nc(N[C@H]2CC[C@@H](CN3CCCS3(=O)=O)C2)c1-c1nc2ccccc2s1. The van der Waals surface area contributed by atoms with E-state index in [1.165, 1.54) is 11.3 Å². The van der Waals surface area contributed by atoms with Gasteiger partial charge in [-0.15, -0.1) is 11.3 Å². The van der Waals surface area contributed by atoms with E-state index >= 15 is 0 Å². The minimum absolute atomic E-state index is 0.0122. The quantitative estimate of drug-likeness (QED) is 0.450. The molecule has 5 rings (SSSR count). The molecule has 0 radical (unpaired) electrons. The number of nitrogens with zero attached hydrogens (tertiary/aromatic N) is 4. The molecule has 0 unspecified atom stereocenters. The first-order valence-electron chi connectivity index (χ1n) is 11.9. The summed E-state index contributed by atoms with van der Waals surface area (Å²) in [4.78, 5) is 13.4. The molecular formula is C23H27F3N6O2S2. The normalized spacial score (nSPS) is 22.3. The van der Waals surface area contributed by atoms with E-state index in [4.69, 9.17) is 4.98 Å². The number of hydrogen-bond donors (Lipinski definition) is 2. The first kappa shape index (κ1) is 25.2. The van der Waals surface area contributed by atoms with Crippen LogP contribution in [0.4, 0.5) is 24.9 Å². The van der Waals surface area contributed by atoms with E-state index in [1.807, 2.05) is 24.3 Å². The monoisotopic (exact) mass is 540 g/mol. The zero-order chi connectivity index (χ0) is 25.5. The van der Waals surface area contributed by atoms with Crippen LogP contribution >= 0.6 is 11.3 Å². The molecule has 1 aromatic carbocycles. The number of aromatic nitrogens is 3. The molecule has 2 fully saturated rings. The lowest BCUT2D eigenvalue weighted by Crippen LogP contribution is -2.31. The van der Waals surface area contributed by atoms with Gasteiger partial charge in [-0.3, -0.25) is 0 Å². The number of alkyl halides is 3. The number of hydrogen-bond acceptors (Lipinski definition) is 8. The average Bonchev–Trinajstić information content (AvgIpc) is 3.50. The highest BCUT2D eigenvalue weighted by Gasteiger charge is 2.34. The largest absolute Gasteiger partial charge is 0.405 e. The van der Waals surface area contributed by atoms with Crippen LogP contribution in [0.2, 0.25) is 0 Å². The summed E-state index contributed by atoms with van der Waals surface area (Å²) in [5.74, 6) is 0.758. The fourth-order valence-electron chi connectivity index (χ4n) is 4.92. The second-order valence-electron chi connectivity index (χ2n) is 9.36.